The van der Waals surface area contributed by atoms with E-state index in [0.29, 0.717) is 11.9 Å². The number of benzene rings is 1. The lowest BCUT2D eigenvalue weighted by Crippen LogP contribution is -2.24. The first-order valence-corrected chi connectivity index (χ1v) is 7.73. The second-order valence-electron chi connectivity index (χ2n) is 5.00. The zero-order chi connectivity index (χ0) is 14.4. The standard InChI is InChI=1S/C16H21N3S.2BrH/c1-12(2)18-9-8-13-5-3-6-14(11-13)19-16(17)15-7-4-10-20-15;;/h3-7,10-12,18H,8-9H2,1-2H3,(H2,17,19);2*1H. The van der Waals surface area contributed by atoms with E-state index < -0.39 is 0 Å². The van der Waals surface area contributed by atoms with Crippen molar-refractivity contribution in [3.05, 3.63) is 52.2 Å². The fraction of sp³-hybridized carbons (Fsp3) is 0.312. The first-order chi connectivity index (χ1) is 9.65. The number of nitrogens with two attached hydrogens (primary N) is 1. The topological polar surface area (TPSA) is 50.4 Å². The zero-order valence-corrected chi connectivity index (χ0v) is 17.0. The molecule has 0 amide bonds. The lowest BCUT2D eigenvalue weighted by Gasteiger charge is -2.08. The van der Waals surface area contributed by atoms with Gasteiger partial charge in [-0.05, 0) is 42.1 Å². The van der Waals surface area contributed by atoms with Gasteiger partial charge in [-0.2, -0.15) is 0 Å². The van der Waals surface area contributed by atoms with Crippen molar-refractivity contribution in [2.75, 3.05) is 6.54 Å². The fourth-order valence-electron chi connectivity index (χ4n) is 1.91. The van der Waals surface area contributed by atoms with Gasteiger partial charge in [0, 0.05) is 6.04 Å². The van der Waals surface area contributed by atoms with Crippen LogP contribution in [0.2, 0.25) is 0 Å². The molecule has 0 bridgehead atoms. The summed E-state index contributed by atoms with van der Waals surface area (Å²) in [6, 6.07) is 12.7. The second-order valence-corrected chi connectivity index (χ2v) is 5.95. The van der Waals surface area contributed by atoms with Crippen molar-refractivity contribution in [2.24, 2.45) is 10.7 Å². The molecule has 0 aliphatic carbocycles. The average Bonchev–Trinajstić information content (AvgIpc) is 2.92. The molecule has 6 heteroatoms. The normalized spacial score (nSPS) is 11.0. The highest BCUT2D eigenvalue weighted by Gasteiger charge is 2.01. The molecule has 1 heterocycles. The summed E-state index contributed by atoms with van der Waals surface area (Å²) in [6.45, 7) is 5.29. The summed E-state index contributed by atoms with van der Waals surface area (Å²) in [6.07, 6.45) is 1.00. The van der Waals surface area contributed by atoms with E-state index in [4.69, 9.17) is 5.73 Å². The van der Waals surface area contributed by atoms with Gasteiger partial charge in [-0.1, -0.05) is 32.0 Å². The van der Waals surface area contributed by atoms with Crippen molar-refractivity contribution >= 4 is 56.8 Å². The maximum atomic E-state index is 6.01. The third-order valence-electron chi connectivity index (χ3n) is 2.90. The van der Waals surface area contributed by atoms with Gasteiger partial charge in [0.05, 0.1) is 10.6 Å². The molecule has 122 valence electrons. The Hall–Kier alpha value is -0.690. The summed E-state index contributed by atoms with van der Waals surface area (Å²) >= 11 is 1.61. The number of aliphatic imine (C=N–C) groups is 1. The van der Waals surface area contributed by atoms with Crippen LogP contribution in [0, 0.1) is 0 Å². The van der Waals surface area contributed by atoms with Gasteiger partial charge in [-0.15, -0.1) is 45.3 Å². The molecule has 3 N–H and O–H groups in total. The van der Waals surface area contributed by atoms with Crippen LogP contribution in [0.1, 0.15) is 24.3 Å². The smallest absolute Gasteiger partial charge is 0.141 e. The molecule has 0 saturated carbocycles. The Morgan fingerprint density at radius 1 is 1.23 bits per heavy atom. The summed E-state index contributed by atoms with van der Waals surface area (Å²) < 4.78 is 0. The minimum absolute atomic E-state index is 0. The summed E-state index contributed by atoms with van der Waals surface area (Å²) in [5.41, 5.74) is 8.20. The molecule has 0 saturated heterocycles. The van der Waals surface area contributed by atoms with Crippen LogP contribution >= 0.6 is 45.3 Å². The van der Waals surface area contributed by atoms with Crippen LogP contribution in [0.5, 0.6) is 0 Å². The number of halogens is 2. The van der Waals surface area contributed by atoms with E-state index in [2.05, 4.69) is 36.3 Å². The minimum Gasteiger partial charge on any atom is -0.383 e. The van der Waals surface area contributed by atoms with E-state index >= 15 is 0 Å². The van der Waals surface area contributed by atoms with Gasteiger partial charge in [0.25, 0.3) is 0 Å². The Morgan fingerprint density at radius 2 is 2.00 bits per heavy atom. The van der Waals surface area contributed by atoms with Gasteiger partial charge >= 0.3 is 0 Å². The zero-order valence-electron chi connectivity index (χ0n) is 12.8. The van der Waals surface area contributed by atoms with Gasteiger partial charge in [0.2, 0.25) is 0 Å². The van der Waals surface area contributed by atoms with Crippen LogP contribution < -0.4 is 11.1 Å². The van der Waals surface area contributed by atoms with Crippen molar-refractivity contribution in [3.8, 4) is 0 Å². The monoisotopic (exact) mass is 447 g/mol. The maximum absolute atomic E-state index is 6.01. The predicted octanol–water partition coefficient (Wildman–Crippen LogP) is 4.48. The number of thiophene rings is 1. The van der Waals surface area contributed by atoms with Crippen molar-refractivity contribution in [1.82, 2.24) is 5.32 Å². The van der Waals surface area contributed by atoms with Crippen LogP contribution in [-0.4, -0.2) is 18.4 Å². The molecule has 0 unspecified atom stereocenters. The van der Waals surface area contributed by atoms with Crippen molar-refractivity contribution in [3.63, 3.8) is 0 Å². The number of rotatable bonds is 6. The molecule has 0 aliphatic heterocycles. The Morgan fingerprint density at radius 3 is 2.64 bits per heavy atom. The Labute approximate surface area is 157 Å². The van der Waals surface area contributed by atoms with Gasteiger partial charge in [0.15, 0.2) is 0 Å². The van der Waals surface area contributed by atoms with Crippen LogP contribution in [-0.2, 0) is 6.42 Å². The first-order valence-electron chi connectivity index (χ1n) is 6.85. The van der Waals surface area contributed by atoms with Gasteiger partial charge in [-0.3, -0.25) is 0 Å². The molecular formula is C16H23Br2N3S. The van der Waals surface area contributed by atoms with Gasteiger partial charge < -0.3 is 11.1 Å². The van der Waals surface area contributed by atoms with Gasteiger partial charge in [-0.25, -0.2) is 4.99 Å². The van der Waals surface area contributed by atoms with Crippen LogP contribution in [0.25, 0.3) is 0 Å². The molecular weight excluding hydrogens is 426 g/mol. The van der Waals surface area contributed by atoms with E-state index in [0.717, 1.165) is 23.5 Å². The highest BCUT2D eigenvalue weighted by atomic mass is 79.9. The van der Waals surface area contributed by atoms with E-state index in [9.17, 15) is 0 Å². The highest BCUT2D eigenvalue weighted by molar-refractivity contribution is 8.93. The summed E-state index contributed by atoms with van der Waals surface area (Å²) in [4.78, 5) is 5.50. The second kappa shape index (κ2) is 10.9. The SMILES string of the molecule is Br.Br.CC(C)NCCc1cccc(N=C(N)c2cccs2)c1. The number of nitrogens with one attached hydrogen (secondary N) is 1. The molecule has 2 rings (SSSR count). The first kappa shape index (κ1) is 21.3. The van der Waals surface area contributed by atoms with Crippen molar-refractivity contribution < 1.29 is 0 Å². The molecule has 1 aromatic carbocycles. The Kier molecular flexibility index (Phi) is 10.6. The van der Waals surface area contributed by atoms with Crippen LogP contribution in [0.3, 0.4) is 0 Å². The molecule has 3 nitrogen and oxygen atoms in total. The molecule has 0 spiro atoms. The van der Waals surface area contributed by atoms with E-state index in [1.54, 1.807) is 11.3 Å². The van der Waals surface area contributed by atoms with Crippen molar-refractivity contribution in [1.29, 1.82) is 0 Å². The predicted molar refractivity (Wildman–Crippen MR) is 109 cm³/mol. The largest absolute Gasteiger partial charge is 0.383 e. The molecule has 0 atom stereocenters. The molecule has 22 heavy (non-hydrogen) atoms. The summed E-state index contributed by atoms with van der Waals surface area (Å²) in [7, 11) is 0. The number of nitrogens with zero attached hydrogens (tertiary/aromatic N) is 1. The maximum Gasteiger partial charge on any atom is 0.141 e. The van der Waals surface area contributed by atoms with Gasteiger partial charge in [0.1, 0.15) is 5.84 Å². The van der Waals surface area contributed by atoms with Crippen molar-refractivity contribution in [2.45, 2.75) is 26.3 Å². The number of hydrogen-bond acceptors (Lipinski definition) is 3. The van der Waals surface area contributed by atoms with E-state index in [1.807, 2.05) is 29.6 Å². The van der Waals surface area contributed by atoms with Crippen LogP contribution in [0.4, 0.5) is 5.69 Å². The van der Waals surface area contributed by atoms with E-state index in [-0.39, 0.29) is 34.0 Å². The molecule has 1 aromatic heterocycles. The molecule has 0 aliphatic rings. The number of amidine groups is 1. The fourth-order valence-corrected chi connectivity index (χ4v) is 2.53. The summed E-state index contributed by atoms with van der Waals surface area (Å²) in [5, 5.41) is 5.42. The molecule has 2 aromatic rings. The summed E-state index contributed by atoms with van der Waals surface area (Å²) in [5.74, 6) is 0.581. The van der Waals surface area contributed by atoms with Crippen LogP contribution in [0.15, 0.2) is 46.8 Å². The average molecular weight is 449 g/mol. The molecule has 0 radical (unpaired) electrons. The third kappa shape index (κ3) is 7.05. The quantitative estimate of drug-likeness (QED) is 0.505. The molecule has 0 fully saturated rings. The van der Waals surface area contributed by atoms with E-state index in [1.165, 1.54) is 5.56 Å². The third-order valence-corrected chi connectivity index (χ3v) is 3.79. The Balaban J connectivity index is 0.00000220. The lowest BCUT2D eigenvalue weighted by atomic mass is 10.1. The Bertz CT molecular complexity index is 569. The lowest BCUT2D eigenvalue weighted by molar-refractivity contribution is 0.590. The highest BCUT2D eigenvalue weighted by Crippen LogP contribution is 2.17. The minimum atomic E-state index is 0. The number of hydrogen-bond donors (Lipinski definition) is 2.